The van der Waals surface area contributed by atoms with Crippen LogP contribution < -0.4 is 4.74 Å². The molecule has 1 aliphatic rings. The Bertz CT molecular complexity index is 873. The van der Waals surface area contributed by atoms with Crippen molar-refractivity contribution in [1.82, 2.24) is 4.90 Å². The molecule has 1 heterocycles. The molecule has 0 unspecified atom stereocenters. The maximum atomic E-state index is 12.3. The standard InChI is InChI=1S/C24H27NO6/c1-2-29-23(27)20-12-14-25(15-13-20)22(26)17-31-24(28)19-8-10-21(11-9-19)30-16-18-6-4-3-5-7-18/h3-11,20H,2,12-17H2,1H3. The largest absolute Gasteiger partial charge is 0.489 e. The highest BCUT2D eigenvalue weighted by Gasteiger charge is 2.28. The zero-order valence-corrected chi connectivity index (χ0v) is 17.6. The molecule has 0 aromatic heterocycles. The Kier molecular flexibility index (Phi) is 8.04. The number of rotatable bonds is 8. The van der Waals surface area contributed by atoms with Crippen molar-refractivity contribution in [3.63, 3.8) is 0 Å². The first kappa shape index (κ1) is 22.3. The molecule has 3 rings (SSSR count). The Morgan fingerprint density at radius 3 is 2.26 bits per heavy atom. The topological polar surface area (TPSA) is 82.1 Å². The molecule has 7 nitrogen and oxygen atoms in total. The first-order chi connectivity index (χ1) is 15.1. The fourth-order valence-electron chi connectivity index (χ4n) is 3.35. The Labute approximate surface area is 181 Å². The zero-order valence-electron chi connectivity index (χ0n) is 17.6. The van der Waals surface area contributed by atoms with Crippen molar-refractivity contribution in [3.8, 4) is 5.75 Å². The smallest absolute Gasteiger partial charge is 0.338 e. The van der Waals surface area contributed by atoms with E-state index in [1.54, 1.807) is 36.1 Å². The van der Waals surface area contributed by atoms with Gasteiger partial charge < -0.3 is 19.1 Å². The third-order valence-corrected chi connectivity index (χ3v) is 5.13. The highest BCUT2D eigenvalue weighted by atomic mass is 16.5. The number of hydrogen-bond acceptors (Lipinski definition) is 6. The molecule has 0 spiro atoms. The summed E-state index contributed by atoms with van der Waals surface area (Å²) in [7, 11) is 0. The van der Waals surface area contributed by atoms with Crippen LogP contribution in [0.15, 0.2) is 54.6 Å². The Morgan fingerprint density at radius 1 is 0.935 bits per heavy atom. The van der Waals surface area contributed by atoms with E-state index in [0.29, 0.717) is 50.5 Å². The van der Waals surface area contributed by atoms with Crippen LogP contribution in [-0.2, 0) is 25.7 Å². The van der Waals surface area contributed by atoms with E-state index in [1.165, 1.54) is 0 Å². The summed E-state index contributed by atoms with van der Waals surface area (Å²) in [5.74, 6) is -0.574. The van der Waals surface area contributed by atoms with Crippen LogP contribution >= 0.6 is 0 Å². The van der Waals surface area contributed by atoms with Crippen molar-refractivity contribution < 1.29 is 28.6 Å². The van der Waals surface area contributed by atoms with Gasteiger partial charge in [0.2, 0.25) is 0 Å². The number of carbonyl (C=O) groups is 3. The molecule has 0 aliphatic carbocycles. The Morgan fingerprint density at radius 2 is 1.61 bits per heavy atom. The van der Waals surface area contributed by atoms with Crippen LogP contribution in [0.5, 0.6) is 5.75 Å². The molecule has 2 aromatic rings. The molecule has 1 saturated heterocycles. The second kappa shape index (κ2) is 11.2. The van der Waals surface area contributed by atoms with Gasteiger partial charge in [-0.15, -0.1) is 0 Å². The molecule has 1 fully saturated rings. The summed E-state index contributed by atoms with van der Waals surface area (Å²) >= 11 is 0. The molecule has 0 bridgehead atoms. The number of benzene rings is 2. The number of piperidine rings is 1. The van der Waals surface area contributed by atoms with Gasteiger partial charge in [-0.25, -0.2) is 4.79 Å². The monoisotopic (exact) mass is 425 g/mol. The number of amides is 1. The Hall–Kier alpha value is -3.35. The van der Waals surface area contributed by atoms with E-state index in [1.807, 2.05) is 30.3 Å². The number of carbonyl (C=O) groups excluding carboxylic acids is 3. The molecule has 164 valence electrons. The average molecular weight is 425 g/mol. The van der Waals surface area contributed by atoms with Crippen LogP contribution in [0, 0.1) is 5.92 Å². The van der Waals surface area contributed by atoms with Gasteiger partial charge in [0, 0.05) is 13.1 Å². The summed E-state index contributed by atoms with van der Waals surface area (Å²) in [6.07, 6.45) is 1.12. The highest BCUT2D eigenvalue weighted by molar-refractivity contribution is 5.91. The van der Waals surface area contributed by atoms with E-state index >= 15 is 0 Å². The summed E-state index contributed by atoms with van der Waals surface area (Å²) in [6.45, 7) is 3.14. The SMILES string of the molecule is CCOC(=O)C1CCN(C(=O)COC(=O)c2ccc(OCc3ccccc3)cc2)CC1. The maximum absolute atomic E-state index is 12.3. The average Bonchev–Trinajstić information content (AvgIpc) is 2.82. The van der Waals surface area contributed by atoms with E-state index < -0.39 is 5.97 Å². The van der Waals surface area contributed by atoms with Crippen molar-refractivity contribution in [2.45, 2.75) is 26.4 Å². The van der Waals surface area contributed by atoms with Crippen molar-refractivity contribution >= 4 is 17.8 Å². The van der Waals surface area contributed by atoms with E-state index in [-0.39, 0.29) is 24.4 Å². The summed E-state index contributed by atoms with van der Waals surface area (Å²) in [6, 6.07) is 16.4. The van der Waals surface area contributed by atoms with Gasteiger partial charge in [-0.05, 0) is 49.6 Å². The third kappa shape index (κ3) is 6.57. The normalized spacial score (nSPS) is 14.0. The van der Waals surface area contributed by atoms with Crippen molar-refractivity contribution in [1.29, 1.82) is 0 Å². The lowest BCUT2D eigenvalue weighted by Crippen LogP contribution is -2.42. The summed E-state index contributed by atoms with van der Waals surface area (Å²) in [4.78, 5) is 38.0. The number of hydrogen-bond donors (Lipinski definition) is 0. The molecule has 31 heavy (non-hydrogen) atoms. The molecule has 0 N–H and O–H groups in total. The predicted molar refractivity (Wildman–Crippen MR) is 113 cm³/mol. The number of ether oxygens (including phenoxy) is 3. The van der Waals surface area contributed by atoms with Gasteiger partial charge in [0.1, 0.15) is 12.4 Å². The minimum Gasteiger partial charge on any atom is -0.489 e. The van der Waals surface area contributed by atoms with Gasteiger partial charge in [0.25, 0.3) is 5.91 Å². The molecule has 1 aliphatic heterocycles. The van der Waals surface area contributed by atoms with Crippen molar-refractivity contribution in [3.05, 3.63) is 65.7 Å². The minimum absolute atomic E-state index is 0.172. The van der Waals surface area contributed by atoms with Crippen LogP contribution in [0.4, 0.5) is 0 Å². The summed E-state index contributed by atoms with van der Waals surface area (Å²) in [5, 5.41) is 0. The summed E-state index contributed by atoms with van der Waals surface area (Å²) in [5.41, 5.74) is 1.40. The van der Waals surface area contributed by atoms with Gasteiger partial charge in [-0.3, -0.25) is 9.59 Å². The number of esters is 2. The molecule has 1 amide bonds. The van der Waals surface area contributed by atoms with E-state index in [9.17, 15) is 14.4 Å². The van der Waals surface area contributed by atoms with Gasteiger partial charge in [-0.2, -0.15) is 0 Å². The minimum atomic E-state index is -0.565. The molecule has 0 radical (unpaired) electrons. The number of nitrogens with zero attached hydrogens (tertiary/aromatic N) is 1. The third-order valence-electron chi connectivity index (χ3n) is 5.13. The lowest BCUT2D eigenvalue weighted by Gasteiger charge is -2.30. The molecule has 0 saturated carbocycles. The fourth-order valence-corrected chi connectivity index (χ4v) is 3.35. The van der Waals surface area contributed by atoms with Crippen molar-refractivity contribution in [2.24, 2.45) is 5.92 Å². The van der Waals surface area contributed by atoms with Gasteiger partial charge >= 0.3 is 11.9 Å². The second-order valence-electron chi connectivity index (χ2n) is 7.28. The first-order valence-corrected chi connectivity index (χ1v) is 10.4. The van der Waals surface area contributed by atoms with Crippen LogP contribution in [-0.4, -0.2) is 49.0 Å². The first-order valence-electron chi connectivity index (χ1n) is 10.4. The fraction of sp³-hybridized carbons (Fsp3) is 0.375. The lowest BCUT2D eigenvalue weighted by molar-refractivity contribution is -0.151. The van der Waals surface area contributed by atoms with E-state index in [2.05, 4.69) is 0 Å². The molecular weight excluding hydrogens is 398 g/mol. The Balaban J connectivity index is 1.41. The van der Waals surface area contributed by atoms with Gasteiger partial charge in [0.05, 0.1) is 18.1 Å². The molecule has 2 aromatic carbocycles. The lowest BCUT2D eigenvalue weighted by atomic mass is 9.97. The van der Waals surface area contributed by atoms with Crippen LogP contribution in [0.3, 0.4) is 0 Å². The molecule has 0 atom stereocenters. The van der Waals surface area contributed by atoms with Gasteiger partial charge in [0.15, 0.2) is 6.61 Å². The second-order valence-corrected chi connectivity index (χ2v) is 7.28. The van der Waals surface area contributed by atoms with E-state index in [4.69, 9.17) is 14.2 Å². The number of likely N-dealkylation sites (tertiary alicyclic amines) is 1. The zero-order chi connectivity index (χ0) is 22.1. The summed E-state index contributed by atoms with van der Waals surface area (Å²) < 4.78 is 15.9. The molecular formula is C24H27NO6. The van der Waals surface area contributed by atoms with E-state index in [0.717, 1.165) is 5.56 Å². The van der Waals surface area contributed by atoms with Crippen LogP contribution in [0.25, 0.3) is 0 Å². The van der Waals surface area contributed by atoms with Gasteiger partial charge in [-0.1, -0.05) is 30.3 Å². The maximum Gasteiger partial charge on any atom is 0.338 e. The highest BCUT2D eigenvalue weighted by Crippen LogP contribution is 2.19. The van der Waals surface area contributed by atoms with Crippen LogP contribution in [0.2, 0.25) is 0 Å². The quantitative estimate of drug-likeness (QED) is 0.604. The van der Waals surface area contributed by atoms with Crippen LogP contribution in [0.1, 0.15) is 35.7 Å². The molecule has 7 heteroatoms. The predicted octanol–water partition coefficient (Wildman–Crippen LogP) is 3.22. The van der Waals surface area contributed by atoms with Crippen molar-refractivity contribution in [2.75, 3.05) is 26.3 Å².